The lowest BCUT2D eigenvalue weighted by molar-refractivity contribution is 0.148. The van der Waals surface area contributed by atoms with E-state index in [1.165, 1.54) is 18.4 Å². The molecule has 0 atom stereocenters. The molecular weight excluding hydrogens is 286 g/mol. The second kappa shape index (κ2) is 8.89. The van der Waals surface area contributed by atoms with E-state index in [0.29, 0.717) is 5.96 Å². The van der Waals surface area contributed by atoms with Gasteiger partial charge in [-0.15, -0.1) is 0 Å². The van der Waals surface area contributed by atoms with Crippen LogP contribution in [0.15, 0.2) is 29.3 Å². The van der Waals surface area contributed by atoms with Crippen LogP contribution >= 0.6 is 0 Å². The molecule has 128 valence electrons. The number of hydrogen-bond acceptors (Lipinski definition) is 3. The van der Waals surface area contributed by atoms with Crippen molar-refractivity contribution >= 4 is 11.6 Å². The Morgan fingerprint density at radius 1 is 1.26 bits per heavy atom. The third-order valence-corrected chi connectivity index (χ3v) is 4.62. The lowest BCUT2D eigenvalue weighted by atomic mass is 10.0. The number of benzene rings is 1. The van der Waals surface area contributed by atoms with E-state index in [-0.39, 0.29) is 0 Å². The van der Waals surface area contributed by atoms with E-state index in [1.807, 2.05) is 12.1 Å². The molecule has 3 N–H and O–H groups in total. The van der Waals surface area contributed by atoms with Crippen LogP contribution in [0.4, 0.5) is 5.69 Å². The number of aryl methyl sites for hydroxylation is 1. The van der Waals surface area contributed by atoms with Gasteiger partial charge in [-0.1, -0.05) is 19.1 Å². The monoisotopic (exact) mass is 317 g/mol. The van der Waals surface area contributed by atoms with Crippen molar-refractivity contribution in [3.63, 3.8) is 0 Å². The zero-order valence-electron chi connectivity index (χ0n) is 14.8. The van der Waals surface area contributed by atoms with Crippen LogP contribution in [0.5, 0.6) is 0 Å². The minimum Gasteiger partial charge on any atom is -0.370 e. The second-order valence-corrected chi connectivity index (χ2v) is 6.48. The molecule has 1 fully saturated rings. The number of guanidine groups is 1. The molecule has 0 bridgehead atoms. The molecule has 1 saturated heterocycles. The Labute approximate surface area is 140 Å². The third kappa shape index (κ3) is 5.84. The molecule has 5 heteroatoms. The van der Waals surface area contributed by atoms with Crippen LogP contribution in [0.25, 0.3) is 0 Å². The van der Waals surface area contributed by atoms with Gasteiger partial charge in [0.1, 0.15) is 0 Å². The molecule has 1 aliphatic rings. The van der Waals surface area contributed by atoms with Crippen LogP contribution in [0.2, 0.25) is 0 Å². The zero-order chi connectivity index (χ0) is 16.7. The molecule has 1 heterocycles. The molecule has 0 aliphatic carbocycles. The van der Waals surface area contributed by atoms with E-state index in [0.717, 1.165) is 44.3 Å². The van der Waals surface area contributed by atoms with Gasteiger partial charge < -0.3 is 20.9 Å². The maximum Gasteiger partial charge on any atom is 0.193 e. The van der Waals surface area contributed by atoms with Gasteiger partial charge in [-0.2, -0.15) is 0 Å². The number of nitrogens with one attached hydrogen (secondary N) is 1. The number of nitrogens with zero attached hydrogens (tertiary/aromatic N) is 3. The summed E-state index contributed by atoms with van der Waals surface area (Å²) < 4.78 is 0. The van der Waals surface area contributed by atoms with Crippen molar-refractivity contribution in [3.8, 4) is 0 Å². The number of likely N-dealkylation sites (tertiary alicyclic amines) is 1. The minimum atomic E-state index is 0.498. The predicted octanol–water partition coefficient (Wildman–Crippen LogP) is 2.00. The summed E-state index contributed by atoms with van der Waals surface area (Å²) in [5.74, 6) is 0.498. The normalized spacial score (nSPS) is 17.7. The van der Waals surface area contributed by atoms with E-state index < -0.39 is 0 Å². The minimum absolute atomic E-state index is 0.498. The van der Waals surface area contributed by atoms with Gasteiger partial charge in [-0.3, -0.25) is 4.99 Å². The van der Waals surface area contributed by atoms with Crippen LogP contribution in [-0.2, 0) is 6.42 Å². The van der Waals surface area contributed by atoms with Gasteiger partial charge in [-0.25, -0.2) is 0 Å². The average Bonchev–Trinajstić information content (AvgIpc) is 2.56. The quantitative estimate of drug-likeness (QED) is 0.622. The number of aliphatic imine (C=N–C) groups is 1. The van der Waals surface area contributed by atoms with Crippen molar-refractivity contribution in [1.29, 1.82) is 0 Å². The number of hydrogen-bond donors (Lipinski definition) is 2. The lowest BCUT2D eigenvalue weighted by Crippen LogP contribution is -2.42. The summed E-state index contributed by atoms with van der Waals surface area (Å²) in [5, 5.41) is 3.16. The Morgan fingerprint density at radius 3 is 2.48 bits per heavy atom. The van der Waals surface area contributed by atoms with Gasteiger partial charge in [0, 0.05) is 18.3 Å². The van der Waals surface area contributed by atoms with Crippen molar-refractivity contribution < 1.29 is 0 Å². The molecule has 1 aromatic rings. The molecule has 0 aromatic heterocycles. The lowest BCUT2D eigenvalue weighted by Gasteiger charge is -2.34. The summed E-state index contributed by atoms with van der Waals surface area (Å²) in [4.78, 5) is 9.26. The maximum atomic E-state index is 5.97. The molecule has 0 unspecified atom stereocenters. The second-order valence-electron chi connectivity index (χ2n) is 6.48. The molecule has 0 radical (unpaired) electrons. The van der Waals surface area contributed by atoms with Gasteiger partial charge >= 0.3 is 0 Å². The molecule has 5 nitrogen and oxygen atoms in total. The van der Waals surface area contributed by atoms with E-state index in [4.69, 9.17) is 5.73 Å². The first-order valence-electron chi connectivity index (χ1n) is 8.63. The van der Waals surface area contributed by atoms with Gasteiger partial charge in [0.25, 0.3) is 0 Å². The Hall–Kier alpha value is -1.59. The van der Waals surface area contributed by atoms with Crippen LogP contribution in [0, 0.1) is 0 Å². The molecule has 2 rings (SSSR count). The van der Waals surface area contributed by atoms with Crippen molar-refractivity contribution in [2.24, 2.45) is 10.7 Å². The Kier molecular flexibility index (Phi) is 6.86. The fourth-order valence-corrected chi connectivity index (χ4v) is 2.98. The standard InChI is InChI=1S/C18H31N5/c1-4-15-5-7-16(8-6-15)21-18(19)20-11-14-23-12-9-17(10-13-23)22(2)3/h5-8,17H,4,9-14H2,1-3H3,(H3,19,20,21). The summed E-state index contributed by atoms with van der Waals surface area (Å²) >= 11 is 0. The Balaban J connectivity index is 1.70. The van der Waals surface area contributed by atoms with Crippen LogP contribution in [0.1, 0.15) is 25.3 Å². The molecule has 1 aliphatic heterocycles. The van der Waals surface area contributed by atoms with E-state index >= 15 is 0 Å². The number of piperidine rings is 1. The number of rotatable bonds is 6. The summed E-state index contributed by atoms with van der Waals surface area (Å²) in [6.07, 6.45) is 3.54. The molecule has 23 heavy (non-hydrogen) atoms. The fraction of sp³-hybridized carbons (Fsp3) is 0.611. The third-order valence-electron chi connectivity index (χ3n) is 4.62. The Bertz CT molecular complexity index is 487. The highest BCUT2D eigenvalue weighted by atomic mass is 15.2. The zero-order valence-corrected chi connectivity index (χ0v) is 14.8. The van der Waals surface area contributed by atoms with Gasteiger partial charge in [0.2, 0.25) is 0 Å². The largest absolute Gasteiger partial charge is 0.370 e. The summed E-state index contributed by atoms with van der Waals surface area (Å²) in [5.41, 5.74) is 8.29. The Morgan fingerprint density at radius 2 is 1.91 bits per heavy atom. The van der Waals surface area contributed by atoms with Crippen molar-refractivity contribution in [2.45, 2.75) is 32.2 Å². The number of nitrogens with two attached hydrogens (primary N) is 1. The maximum absolute atomic E-state index is 5.97. The first-order chi connectivity index (χ1) is 11.1. The van der Waals surface area contributed by atoms with Gasteiger partial charge in [0.05, 0.1) is 6.54 Å². The van der Waals surface area contributed by atoms with Crippen molar-refractivity contribution in [3.05, 3.63) is 29.8 Å². The predicted molar refractivity (Wildman–Crippen MR) is 99.1 cm³/mol. The molecule has 1 aromatic carbocycles. The van der Waals surface area contributed by atoms with Crippen LogP contribution < -0.4 is 11.1 Å². The first kappa shape index (κ1) is 17.8. The summed E-state index contributed by atoms with van der Waals surface area (Å²) in [7, 11) is 4.34. The highest BCUT2D eigenvalue weighted by molar-refractivity contribution is 5.92. The molecular formula is C18H31N5. The molecule has 0 spiro atoms. The van der Waals surface area contributed by atoms with Gasteiger partial charge in [-0.05, 0) is 64.1 Å². The topological polar surface area (TPSA) is 56.9 Å². The SMILES string of the molecule is CCc1ccc(NC(N)=NCCN2CCC(N(C)C)CC2)cc1. The van der Waals surface area contributed by atoms with E-state index in [2.05, 4.69) is 53.3 Å². The van der Waals surface area contributed by atoms with Crippen LogP contribution in [0.3, 0.4) is 0 Å². The van der Waals surface area contributed by atoms with Gasteiger partial charge in [0.15, 0.2) is 5.96 Å². The first-order valence-corrected chi connectivity index (χ1v) is 8.63. The highest BCUT2D eigenvalue weighted by Crippen LogP contribution is 2.13. The van der Waals surface area contributed by atoms with E-state index in [9.17, 15) is 0 Å². The smallest absolute Gasteiger partial charge is 0.193 e. The number of anilines is 1. The molecule has 0 saturated carbocycles. The van der Waals surface area contributed by atoms with E-state index in [1.54, 1.807) is 0 Å². The fourth-order valence-electron chi connectivity index (χ4n) is 2.98. The average molecular weight is 317 g/mol. The molecule has 0 amide bonds. The summed E-state index contributed by atoms with van der Waals surface area (Å²) in [6.45, 7) is 6.20. The summed E-state index contributed by atoms with van der Waals surface area (Å²) in [6, 6.07) is 9.06. The highest BCUT2D eigenvalue weighted by Gasteiger charge is 2.19. The van der Waals surface area contributed by atoms with Crippen molar-refractivity contribution in [2.75, 3.05) is 45.6 Å². The van der Waals surface area contributed by atoms with Crippen molar-refractivity contribution in [1.82, 2.24) is 9.80 Å². The van der Waals surface area contributed by atoms with Crippen LogP contribution in [-0.4, -0.2) is 62.1 Å².